The fourth-order valence-corrected chi connectivity index (χ4v) is 1.85. The van der Waals surface area contributed by atoms with Crippen molar-refractivity contribution in [2.75, 3.05) is 35.6 Å². The summed E-state index contributed by atoms with van der Waals surface area (Å²) in [5, 5.41) is 13.3. The van der Waals surface area contributed by atoms with E-state index in [1.54, 1.807) is 0 Å². The number of nitrogens with one attached hydrogen (secondary N) is 1. The molecule has 0 aliphatic carbocycles. The van der Waals surface area contributed by atoms with Crippen LogP contribution in [0, 0.1) is 0 Å². The van der Waals surface area contributed by atoms with E-state index in [-0.39, 0.29) is 5.95 Å². The predicted molar refractivity (Wildman–Crippen MR) is 81.8 cm³/mol. The van der Waals surface area contributed by atoms with Crippen LogP contribution in [0.15, 0.2) is 0 Å². The number of aliphatic hydroxyl groups is 1. The van der Waals surface area contributed by atoms with Crippen LogP contribution in [0.5, 0.6) is 0 Å². The third-order valence-electron chi connectivity index (χ3n) is 3.58. The van der Waals surface area contributed by atoms with Gasteiger partial charge in [0.1, 0.15) is 0 Å². The van der Waals surface area contributed by atoms with Crippen molar-refractivity contribution in [3.05, 3.63) is 0 Å². The first-order valence-electron chi connectivity index (χ1n) is 7.20. The molecule has 114 valence electrons. The summed E-state index contributed by atoms with van der Waals surface area (Å²) < 4.78 is 0. The molecule has 1 heterocycles. The van der Waals surface area contributed by atoms with E-state index in [0.717, 1.165) is 13.1 Å². The Morgan fingerprint density at radius 2 is 1.70 bits per heavy atom. The highest BCUT2D eigenvalue weighted by molar-refractivity contribution is 5.41. The highest BCUT2D eigenvalue weighted by Gasteiger charge is 2.22. The largest absolute Gasteiger partial charge is 0.388 e. The van der Waals surface area contributed by atoms with Crippen molar-refractivity contribution >= 4 is 17.8 Å². The number of anilines is 3. The van der Waals surface area contributed by atoms with Crippen LogP contribution >= 0.6 is 0 Å². The standard InChI is InChI=1S/C13H26N6O/c1-5-13(20,6-2)9-15-11-16-10(14)17-12(18-11)19(7-3)8-4/h20H,5-9H2,1-4H3,(H3,14,15,16,17,18). The molecule has 0 bridgehead atoms. The maximum Gasteiger partial charge on any atom is 0.231 e. The smallest absolute Gasteiger partial charge is 0.231 e. The van der Waals surface area contributed by atoms with Gasteiger partial charge in [0.15, 0.2) is 0 Å². The third kappa shape index (κ3) is 4.19. The molecule has 0 unspecified atom stereocenters. The lowest BCUT2D eigenvalue weighted by Crippen LogP contribution is -2.36. The first-order valence-corrected chi connectivity index (χ1v) is 7.20. The first-order chi connectivity index (χ1) is 9.47. The van der Waals surface area contributed by atoms with Crippen molar-refractivity contribution in [2.24, 2.45) is 0 Å². The Kier molecular flexibility index (Phi) is 5.94. The molecule has 7 heteroatoms. The normalized spacial score (nSPS) is 11.4. The molecule has 0 aliphatic heterocycles. The molecule has 0 aliphatic rings. The Labute approximate surface area is 120 Å². The summed E-state index contributed by atoms with van der Waals surface area (Å²) in [5.74, 6) is 1.14. The van der Waals surface area contributed by atoms with Crippen molar-refractivity contribution in [1.29, 1.82) is 0 Å². The third-order valence-corrected chi connectivity index (χ3v) is 3.58. The molecule has 20 heavy (non-hydrogen) atoms. The summed E-state index contributed by atoms with van der Waals surface area (Å²) in [6.45, 7) is 9.96. The zero-order chi connectivity index (χ0) is 15.2. The van der Waals surface area contributed by atoms with Crippen molar-refractivity contribution in [3.8, 4) is 0 Å². The molecule has 0 aromatic carbocycles. The van der Waals surface area contributed by atoms with Crippen molar-refractivity contribution in [3.63, 3.8) is 0 Å². The maximum absolute atomic E-state index is 10.3. The number of hydrogen-bond acceptors (Lipinski definition) is 7. The summed E-state index contributed by atoms with van der Waals surface area (Å²) >= 11 is 0. The Balaban J connectivity index is 2.86. The zero-order valence-corrected chi connectivity index (χ0v) is 12.8. The number of nitrogens with zero attached hydrogens (tertiary/aromatic N) is 4. The second kappa shape index (κ2) is 7.23. The highest BCUT2D eigenvalue weighted by Crippen LogP contribution is 2.16. The van der Waals surface area contributed by atoms with Crippen molar-refractivity contribution < 1.29 is 5.11 Å². The molecular formula is C13H26N6O. The average molecular weight is 282 g/mol. The molecule has 4 N–H and O–H groups in total. The van der Waals surface area contributed by atoms with E-state index in [0.29, 0.717) is 31.3 Å². The van der Waals surface area contributed by atoms with Gasteiger partial charge in [0.2, 0.25) is 17.8 Å². The van der Waals surface area contributed by atoms with Gasteiger partial charge in [-0.2, -0.15) is 15.0 Å². The van der Waals surface area contributed by atoms with E-state index < -0.39 is 5.60 Å². The van der Waals surface area contributed by atoms with E-state index in [9.17, 15) is 5.11 Å². The van der Waals surface area contributed by atoms with Gasteiger partial charge in [-0.1, -0.05) is 13.8 Å². The number of hydrogen-bond donors (Lipinski definition) is 3. The molecular weight excluding hydrogens is 256 g/mol. The van der Waals surface area contributed by atoms with Crippen LogP contribution in [0.3, 0.4) is 0 Å². The van der Waals surface area contributed by atoms with Crippen LogP contribution in [0.25, 0.3) is 0 Å². The SMILES string of the molecule is CCN(CC)c1nc(N)nc(NCC(O)(CC)CC)n1. The summed E-state index contributed by atoms with van der Waals surface area (Å²) in [7, 11) is 0. The van der Waals surface area contributed by atoms with Gasteiger partial charge < -0.3 is 21.1 Å². The fourth-order valence-electron chi connectivity index (χ4n) is 1.85. The molecule has 0 saturated carbocycles. The van der Waals surface area contributed by atoms with Gasteiger partial charge in [0, 0.05) is 19.6 Å². The van der Waals surface area contributed by atoms with E-state index in [2.05, 4.69) is 20.3 Å². The van der Waals surface area contributed by atoms with E-state index in [4.69, 9.17) is 5.73 Å². The Bertz CT molecular complexity index is 417. The second-order valence-electron chi connectivity index (χ2n) is 4.77. The van der Waals surface area contributed by atoms with Crippen molar-refractivity contribution in [1.82, 2.24) is 15.0 Å². The van der Waals surface area contributed by atoms with Crippen LogP contribution < -0.4 is 16.0 Å². The summed E-state index contributed by atoms with van der Waals surface area (Å²) in [4.78, 5) is 14.5. The van der Waals surface area contributed by atoms with Gasteiger partial charge in [0.05, 0.1) is 5.60 Å². The van der Waals surface area contributed by atoms with Gasteiger partial charge in [-0.05, 0) is 26.7 Å². The minimum absolute atomic E-state index is 0.181. The second-order valence-corrected chi connectivity index (χ2v) is 4.77. The molecule has 0 saturated heterocycles. The number of nitrogens with two attached hydrogens (primary N) is 1. The first kappa shape index (κ1) is 16.4. The lowest BCUT2D eigenvalue weighted by molar-refractivity contribution is 0.0455. The molecule has 0 atom stereocenters. The van der Waals surface area contributed by atoms with Gasteiger partial charge in [0.25, 0.3) is 0 Å². The average Bonchev–Trinajstić information content (AvgIpc) is 2.46. The van der Waals surface area contributed by atoms with Crippen LogP contribution in [-0.2, 0) is 0 Å². The lowest BCUT2D eigenvalue weighted by atomic mass is 9.98. The number of aromatic nitrogens is 3. The quantitative estimate of drug-likeness (QED) is 0.660. The Morgan fingerprint density at radius 3 is 2.20 bits per heavy atom. The predicted octanol–water partition coefficient (Wildman–Crippen LogP) is 1.26. The van der Waals surface area contributed by atoms with E-state index in [1.165, 1.54) is 0 Å². The van der Waals surface area contributed by atoms with Crippen molar-refractivity contribution in [2.45, 2.75) is 46.1 Å². The number of rotatable bonds is 8. The van der Waals surface area contributed by atoms with Gasteiger partial charge in [-0.3, -0.25) is 0 Å². The molecule has 1 rings (SSSR count). The molecule has 0 radical (unpaired) electrons. The van der Waals surface area contributed by atoms with Crippen LogP contribution in [0.2, 0.25) is 0 Å². The minimum atomic E-state index is -0.753. The minimum Gasteiger partial charge on any atom is -0.388 e. The van der Waals surface area contributed by atoms with Gasteiger partial charge in [-0.25, -0.2) is 0 Å². The van der Waals surface area contributed by atoms with Crippen LogP contribution in [0.4, 0.5) is 17.8 Å². The molecule has 7 nitrogen and oxygen atoms in total. The molecule has 1 aromatic heterocycles. The van der Waals surface area contributed by atoms with Gasteiger partial charge >= 0.3 is 0 Å². The molecule has 0 amide bonds. The highest BCUT2D eigenvalue weighted by atomic mass is 16.3. The summed E-state index contributed by atoms with van der Waals surface area (Å²) in [5.41, 5.74) is 4.97. The zero-order valence-electron chi connectivity index (χ0n) is 12.8. The topological polar surface area (TPSA) is 100 Å². The van der Waals surface area contributed by atoms with E-state index in [1.807, 2.05) is 32.6 Å². The summed E-state index contributed by atoms with van der Waals surface area (Å²) in [6, 6.07) is 0. The monoisotopic (exact) mass is 282 g/mol. The molecule has 1 aromatic rings. The molecule has 0 fully saturated rings. The van der Waals surface area contributed by atoms with E-state index >= 15 is 0 Å². The van der Waals surface area contributed by atoms with Gasteiger partial charge in [-0.15, -0.1) is 0 Å². The summed E-state index contributed by atoms with van der Waals surface area (Å²) in [6.07, 6.45) is 1.33. The number of nitrogen functional groups attached to an aromatic ring is 1. The Morgan fingerprint density at radius 1 is 1.10 bits per heavy atom. The molecule has 0 spiro atoms. The lowest BCUT2D eigenvalue weighted by Gasteiger charge is -2.25. The Hall–Kier alpha value is -1.63. The fraction of sp³-hybridized carbons (Fsp3) is 0.769. The maximum atomic E-state index is 10.3. The van der Waals surface area contributed by atoms with Crippen LogP contribution in [-0.4, -0.2) is 45.3 Å². The van der Waals surface area contributed by atoms with Crippen LogP contribution in [0.1, 0.15) is 40.5 Å².